The molecule has 0 spiro atoms. The number of carbonyl (C=O) groups is 1. The molecule has 3 nitrogen and oxygen atoms in total. The van der Waals surface area contributed by atoms with Gasteiger partial charge >= 0.3 is 5.97 Å². The predicted octanol–water partition coefficient (Wildman–Crippen LogP) is 2.70. The Bertz CT molecular complexity index is 217. The van der Waals surface area contributed by atoms with Crippen molar-refractivity contribution >= 4 is 5.97 Å². The molecule has 88 valence electrons. The Morgan fingerprint density at radius 3 is 2.40 bits per heavy atom. The van der Waals surface area contributed by atoms with E-state index in [9.17, 15) is 4.79 Å². The lowest BCUT2D eigenvalue weighted by Gasteiger charge is -2.23. The Hall–Kier alpha value is -0.830. The minimum Gasteiger partial charge on any atom is -0.461 e. The number of hydrogen-bond donors (Lipinski definition) is 0. The normalized spacial score (nSPS) is 12.4. The van der Waals surface area contributed by atoms with Gasteiger partial charge in [-0.05, 0) is 34.1 Å². The number of ether oxygens (including phenoxy) is 2. The molecule has 0 N–H and O–H groups in total. The molecule has 0 aliphatic heterocycles. The number of esters is 1. The first kappa shape index (κ1) is 14.2. The zero-order valence-electron chi connectivity index (χ0n) is 10.4. The van der Waals surface area contributed by atoms with Crippen LogP contribution in [0.4, 0.5) is 0 Å². The Labute approximate surface area is 92.5 Å². The van der Waals surface area contributed by atoms with Crippen molar-refractivity contribution in [2.24, 2.45) is 0 Å². The molecule has 0 heterocycles. The maximum absolute atomic E-state index is 11.6. The van der Waals surface area contributed by atoms with Crippen LogP contribution in [0.1, 0.15) is 41.0 Å². The number of allylic oxidation sites excluding steroid dienone is 1. The first-order valence-electron chi connectivity index (χ1n) is 5.40. The predicted molar refractivity (Wildman–Crippen MR) is 60.7 cm³/mol. The topological polar surface area (TPSA) is 35.5 Å². The molecule has 0 rings (SSSR count). The summed E-state index contributed by atoms with van der Waals surface area (Å²) >= 11 is 0. The van der Waals surface area contributed by atoms with Crippen molar-refractivity contribution in [2.75, 3.05) is 6.61 Å². The quantitative estimate of drug-likeness (QED) is 0.503. The van der Waals surface area contributed by atoms with Crippen molar-refractivity contribution in [3.63, 3.8) is 0 Å². The Balaban J connectivity index is 4.04. The van der Waals surface area contributed by atoms with E-state index in [1.807, 2.05) is 26.0 Å². The van der Waals surface area contributed by atoms with E-state index in [4.69, 9.17) is 9.47 Å². The SMILES string of the molecule is CCC=CCOC(C)(C)C(=O)OC(C)C. The molecule has 0 atom stereocenters. The lowest BCUT2D eigenvalue weighted by atomic mass is 10.1. The van der Waals surface area contributed by atoms with Crippen molar-refractivity contribution in [2.45, 2.75) is 52.7 Å². The highest BCUT2D eigenvalue weighted by Gasteiger charge is 2.30. The number of hydrogen-bond acceptors (Lipinski definition) is 3. The summed E-state index contributed by atoms with van der Waals surface area (Å²) in [6, 6.07) is 0. The highest BCUT2D eigenvalue weighted by Crippen LogP contribution is 2.12. The molecule has 0 aromatic rings. The van der Waals surface area contributed by atoms with Gasteiger partial charge in [-0.25, -0.2) is 4.79 Å². The van der Waals surface area contributed by atoms with Gasteiger partial charge in [-0.3, -0.25) is 0 Å². The fourth-order valence-corrected chi connectivity index (χ4v) is 0.906. The Morgan fingerprint density at radius 1 is 1.33 bits per heavy atom. The molecular weight excluding hydrogens is 192 g/mol. The molecule has 0 aliphatic rings. The summed E-state index contributed by atoms with van der Waals surface area (Å²) in [5.74, 6) is -0.317. The van der Waals surface area contributed by atoms with Crippen LogP contribution in [-0.4, -0.2) is 24.3 Å². The third-order valence-electron chi connectivity index (χ3n) is 1.78. The van der Waals surface area contributed by atoms with Crippen LogP contribution in [0.15, 0.2) is 12.2 Å². The molecule has 0 aromatic heterocycles. The standard InChI is InChI=1S/C12H22O3/c1-6-7-8-9-14-12(4,5)11(13)15-10(2)3/h7-8,10H,6,9H2,1-5H3. The monoisotopic (exact) mass is 214 g/mol. The molecule has 0 aromatic carbocycles. The van der Waals surface area contributed by atoms with Crippen LogP contribution in [0.2, 0.25) is 0 Å². The Morgan fingerprint density at radius 2 is 1.93 bits per heavy atom. The van der Waals surface area contributed by atoms with Gasteiger partial charge in [0, 0.05) is 0 Å². The summed E-state index contributed by atoms with van der Waals surface area (Å²) in [6.45, 7) is 9.58. The van der Waals surface area contributed by atoms with Crippen molar-refractivity contribution in [3.05, 3.63) is 12.2 Å². The van der Waals surface area contributed by atoms with E-state index >= 15 is 0 Å². The molecule has 0 fully saturated rings. The third-order valence-corrected chi connectivity index (χ3v) is 1.78. The van der Waals surface area contributed by atoms with Gasteiger partial charge < -0.3 is 9.47 Å². The van der Waals surface area contributed by atoms with Gasteiger partial charge in [0.2, 0.25) is 0 Å². The Kier molecular flexibility index (Phi) is 6.25. The van der Waals surface area contributed by atoms with Crippen LogP contribution in [0.3, 0.4) is 0 Å². The summed E-state index contributed by atoms with van der Waals surface area (Å²) < 4.78 is 10.5. The fourth-order valence-electron chi connectivity index (χ4n) is 0.906. The number of rotatable bonds is 6. The fraction of sp³-hybridized carbons (Fsp3) is 0.750. The van der Waals surface area contributed by atoms with Crippen LogP contribution in [0.5, 0.6) is 0 Å². The second-order valence-electron chi connectivity index (χ2n) is 4.16. The van der Waals surface area contributed by atoms with Crippen LogP contribution in [0.25, 0.3) is 0 Å². The van der Waals surface area contributed by atoms with Crippen LogP contribution in [0, 0.1) is 0 Å². The second kappa shape index (κ2) is 6.62. The largest absolute Gasteiger partial charge is 0.461 e. The van der Waals surface area contributed by atoms with Gasteiger partial charge in [-0.15, -0.1) is 0 Å². The van der Waals surface area contributed by atoms with E-state index in [0.717, 1.165) is 6.42 Å². The average Bonchev–Trinajstić information content (AvgIpc) is 2.11. The summed E-state index contributed by atoms with van der Waals surface area (Å²) in [7, 11) is 0. The highest BCUT2D eigenvalue weighted by atomic mass is 16.6. The van der Waals surface area contributed by atoms with E-state index in [2.05, 4.69) is 6.92 Å². The van der Waals surface area contributed by atoms with Crippen molar-refractivity contribution in [3.8, 4) is 0 Å². The van der Waals surface area contributed by atoms with Crippen molar-refractivity contribution < 1.29 is 14.3 Å². The van der Waals surface area contributed by atoms with Gasteiger partial charge in [0.1, 0.15) is 0 Å². The van der Waals surface area contributed by atoms with Crippen molar-refractivity contribution in [1.29, 1.82) is 0 Å². The highest BCUT2D eigenvalue weighted by molar-refractivity contribution is 5.78. The molecule has 0 saturated carbocycles. The zero-order chi connectivity index (χ0) is 11.9. The lowest BCUT2D eigenvalue weighted by molar-refractivity contribution is -0.170. The maximum Gasteiger partial charge on any atom is 0.338 e. The first-order chi connectivity index (χ1) is 6.90. The summed E-state index contributed by atoms with van der Waals surface area (Å²) in [6.07, 6.45) is 4.78. The molecular formula is C12H22O3. The van der Waals surface area contributed by atoms with Gasteiger partial charge in [0.25, 0.3) is 0 Å². The average molecular weight is 214 g/mol. The minimum absolute atomic E-state index is 0.105. The molecule has 0 bridgehead atoms. The van der Waals surface area contributed by atoms with E-state index in [-0.39, 0.29) is 12.1 Å². The van der Waals surface area contributed by atoms with Crippen molar-refractivity contribution in [1.82, 2.24) is 0 Å². The van der Waals surface area contributed by atoms with E-state index < -0.39 is 5.60 Å². The van der Waals surface area contributed by atoms with Crippen LogP contribution >= 0.6 is 0 Å². The summed E-state index contributed by atoms with van der Waals surface area (Å²) in [4.78, 5) is 11.6. The molecule has 0 radical (unpaired) electrons. The van der Waals surface area contributed by atoms with Gasteiger partial charge in [-0.1, -0.05) is 19.1 Å². The minimum atomic E-state index is -0.873. The maximum atomic E-state index is 11.6. The molecule has 0 aliphatic carbocycles. The smallest absolute Gasteiger partial charge is 0.338 e. The summed E-state index contributed by atoms with van der Waals surface area (Å²) in [5.41, 5.74) is -0.873. The zero-order valence-corrected chi connectivity index (χ0v) is 10.4. The lowest BCUT2D eigenvalue weighted by Crippen LogP contribution is -2.38. The van der Waals surface area contributed by atoms with E-state index in [0.29, 0.717) is 6.61 Å². The van der Waals surface area contributed by atoms with E-state index in [1.165, 1.54) is 0 Å². The van der Waals surface area contributed by atoms with Crippen LogP contribution in [-0.2, 0) is 14.3 Å². The van der Waals surface area contributed by atoms with Gasteiger partial charge in [-0.2, -0.15) is 0 Å². The first-order valence-corrected chi connectivity index (χ1v) is 5.40. The third kappa shape index (κ3) is 6.28. The molecule has 0 unspecified atom stereocenters. The molecule has 15 heavy (non-hydrogen) atoms. The number of carbonyl (C=O) groups excluding carboxylic acids is 1. The summed E-state index contributed by atoms with van der Waals surface area (Å²) in [5, 5.41) is 0. The molecule has 3 heteroatoms. The van der Waals surface area contributed by atoms with Gasteiger partial charge in [0.15, 0.2) is 5.60 Å². The van der Waals surface area contributed by atoms with E-state index in [1.54, 1.807) is 13.8 Å². The van der Waals surface area contributed by atoms with Gasteiger partial charge in [0.05, 0.1) is 12.7 Å². The molecule has 0 saturated heterocycles. The molecule has 0 amide bonds. The second-order valence-corrected chi connectivity index (χ2v) is 4.16. The van der Waals surface area contributed by atoms with Crippen LogP contribution < -0.4 is 0 Å².